The van der Waals surface area contributed by atoms with Crippen LogP contribution >= 0.6 is 0 Å². The molecule has 0 bridgehead atoms. The number of carbonyl (C=O) groups excluding carboxylic acids is 1. The monoisotopic (exact) mass is 220 g/mol. The second-order valence-corrected chi connectivity index (χ2v) is 3.86. The molecule has 4 nitrogen and oxygen atoms in total. The highest BCUT2D eigenvalue weighted by Gasteiger charge is 2.19. The average Bonchev–Trinajstić information content (AvgIpc) is 2.81. The SMILES string of the molecule is COc1ccccc1C(=O)NC1CCNC1. The van der Waals surface area contributed by atoms with Crippen LogP contribution in [0.15, 0.2) is 24.3 Å². The van der Waals surface area contributed by atoms with Crippen molar-refractivity contribution in [2.45, 2.75) is 12.5 Å². The maximum atomic E-state index is 12.0. The Bertz CT molecular complexity index is 373. The Labute approximate surface area is 95.0 Å². The molecule has 4 heteroatoms. The zero-order valence-corrected chi connectivity index (χ0v) is 9.32. The molecule has 0 saturated carbocycles. The first-order valence-electron chi connectivity index (χ1n) is 5.46. The van der Waals surface area contributed by atoms with Crippen molar-refractivity contribution < 1.29 is 9.53 Å². The maximum absolute atomic E-state index is 12.0. The van der Waals surface area contributed by atoms with Crippen molar-refractivity contribution in [3.63, 3.8) is 0 Å². The minimum absolute atomic E-state index is 0.0637. The minimum atomic E-state index is -0.0637. The molecular weight excluding hydrogens is 204 g/mol. The van der Waals surface area contributed by atoms with Crippen LogP contribution in [0.4, 0.5) is 0 Å². The van der Waals surface area contributed by atoms with E-state index in [0.717, 1.165) is 19.5 Å². The minimum Gasteiger partial charge on any atom is -0.496 e. The van der Waals surface area contributed by atoms with Gasteiger partial charge in [0.2, 0.25) is 0 Å². The number of benzene rings is 1. The van der Waals surface area contributed by atoms with Gasteiger partial charge in [-0.3, -0.25) is 4.79 Å². The molecule has 2 N–H and O–H groups in total. The predicted molar refractivity (Wildman–Crippen MR) is 61.7 cm³/mol. The molecule has 0 radical (unpaired) electrons. The van der Waals surface area contributed by atoms with E-state index < -0.39 is 0 Å². The molecule has 1 saturated heterocycles. The van der Waals surface area contributed by atoms with Gasteiger partial charge in [-0.15, -0.1) is 0 Å². The Morgan fingerprint density at radius 3 is 3.00 bits per heavy atom. The second kappa shape index (κ2) is 4.99. The zero-order chi connectivity index (χ0) is 11.4. The number of nitrogens with one attached hydrogen (secondary N) is 2. The van der Waals surface area contributed by atoms with Crippen LogP contribution in [0.5, 0.6) is 5.75 Å². The summed E-state index contributed by atoms with van der Waals surface area (Å²) >= 11 is 0. The highest BCUT2D eigenvalue weighted by molar-refractivity contribution is 5.97. The molecule has 0 aliphatic carbocycles. The second-order valence-electron chi connectivity index (χ2n) is 3.86. The molecule has 1 aliphatic rings. The molecule has 0 spiro atoms. The molecule has 0 aromatic heterocycles. The van der Waals surface area contributed by atoms with Gasteiger partial charge in [0, 0.05) is 12.6 Å². The van der Waals surface area contributed by atoms with Crippen molar-refractivity contribution in [3.05, 3.63) is 29.8 Å². The van der Waals surface area contributed by atoms with E-state index in [0.29, 0.717) is 11.3 Å². The number of hydrogen-bond donors (Lipinski definition) is 2. The number of amides is 1. The van der Waals surface area contributed by atoms with Gasteiger partial charge in [0.1, 0.15) is 5.75 Å². The summed E-state index contributed by atoms with van der Waals surface area (Å²) in [6, 6.07) is 7.49. The maximum Gasteiger partial charge on any atom is 0.255 e. The van der Waals surface area contributed by atoms with Crippen LogP contribution < -0.4 is 15.4 Å². The van der Waals surface area contributed by atoms with E-state index in [1.54, 1.807) is 19.2 Å². The molecule has 1 atom stereocenters. The summed E-state index contributed by atoms with van der Waals surface area (Å²) in [6.07, 6.45) is 0.987. The Morgan fingerprint density at radius 2 is 2.31 bits per heavy atom. The van der Waals surface area contributed by atoms with Crippen molar-refractivity contribution in [1.82, 2.24) is 10.6 Å². The first-order valence-corrected chi connectivity index (χ1v) is 5.46. The lowest BCUT2D eigenvalue weighted by Crippen LogP contribution is -2.36. The Balaban J connectivity index is 2.07. The van der Waals surface area contributed by atoms with Crippen LogP contribution in [0, 0.1) is 0 Å². The van der Waals surface area contributed by atoms with Crippen LogP contribution in [0.2, 0.25) is 0 Å². The highest BCUT2D eigenvalue weighted by Crippen LogP contribution is 2.17. The van der Waals surface area contributed by atoms with Gasteiger partial charge in [0.05, 0.1) is 12.7 Å². The molecule has 1 aliphatic heterocycles. The molecular formula is C12H16N2O2. The van der Waals surface area contributed by atoms with Crippen molar-refractivity contribution in [2.24, 2.45) is 0 Å². The van der Waals surface area contributed by atoms with E-state index in [-0.39, 0.29) is 11.9 Å². The predicted octanol–water partition coefficient (Wildman–Crippen LogP) is 0.787. The van der Waals surface area contributed by atoms with Gasteiger partial charge in [-0.1, -0.05) is 12.1 Å². The Kier molecular flexibility index (Phi) is 3.41. The fraction of sp³-hybridized carbons (Fsp3) is 0.417. The molecule has 16 heavy (non-hydrogen) atoms. The number of rotatable bonds is 3. The topological polar surface area (TPSA) is 50.4 Å². The van der Waals surface area contributed by atoms with E-state index in [2.05, 4.69) is 10.6 Å². The van der Waals surface area contributed by atoms with Crippen molar-refractivity contribution >= 4 is 5.91 Å². The summed E-state index contributed by atoms with van der Waals surface area (Å²) < 4.78 is 5.15. The fourth-order valence-corrected chi connectivity index (χ4v) is 1.87. The van der Waals surface area contributed by atoms with Crippen LogP contribution in [0.1, 0.15) is 16.8 Å². The van der Waals surface area contributed by atoms with E-state index >= 15 is 0 Å². The van der Waals surface area contributed by atoms with Crippen LogP contribution in [-0.4, -0.2) is 32.1 Å². The Hall–Kier alpha value is -1.55. The Morgan fingerprint density at radius 1 is 1.50 bits per heavy atom. The van der Waals surface area contributed by atoms with E-state index in [1.165, 1.54) is 0 Å². The summed E-state index contributed by atoms with van der Waals surface area (Å²) in [5, 5.41) is 6.20. The van der Waals surface area contributed by atoms with Gasteiger partial charge in [-0.05, 0) is 25.1 Å². The number of carbonyl (C=O) groups is 1. The number of hydrogen-bond acceptors (Lipinski definition) is 3. The summed E-state index contributed by atoms with van der Waals surface area (Å²) in [7, 11) is 1.57. The smallest absolute Gasteiger partial charge is 0.255 e. The van der Waals surface area contributed by atoms with Gasteiger partial charge in [-0.2, -0.15) is 0 Å². The molecule has 1 amide bonds. The number of para-hydroxylation sites is 1. The molecule has 86 valence electrons. The number of methoxy groups -OCH3 is 1. The normalized spacial score (nSPS) is 19.4. The molecule has 1 aromatic rings. The third-order valence-corrected chi connectivity index (χ3v) is 2.75. The van der Waals surface area contributed by atoms with E-state index in [9.17, 15) is 4.79 Å². The van der Waals surface area contributed by atoms with Crippen LogP contribution in [0.25, 0.3) is 0 Å². The first-order chi connectivity index (χ1) is 7.81. The largest absolute Gasteiger partial charge is 0.496 e. The molecule has 1 fully saturated rings. The lowest BCUT2D eigenvalue weighted by molar-refractivity contribution is 0.0937. The van der Waals surface area contributed by atoms with Crippen molar-refractivity contribution in [1.29, 1.82) is 0 Å². The molecule has 1 heterocycles. The summed E-state index contributed by atoms with van der Waals surface area (Å²) in [5.41, 5.74) is 0.594. The molecule has 2 rings (SSSR count). The molecule has 1 unspecified atom stereocenters. The third-order valence-electron chi connectivity index (χ3n) is 2.75. The molecule has 1 aromatic carbocycles. The summed E-state index contributed by atoms with van der Waals surface area (Å²) in [6.45, 7) is 1.82. The first kappa shape index (κ1) is 11.0. The van der Waals surface area contributed by atoms with Gasteiger partial charge in [-0.25, -0.2) is 0 Å². The van der Waals surface area contributed by atoms with Gasteiger partial charge < -0.3 is 15.4 Å². The third kappa shape index (κ3) is 2.33. The quantitative estimate of drug-likeness (QED) is 0.791. The van der Waals surface area contributed by atoms with Gasteiger partial charge >= 0.3 is 0 Å². The lowest BCUT2D eigenvalue weighted by atomic mass is 10.1. The zero-order valence-electron chi connectivity index (χ0n) is 9.32. The number of ether oxygens (including phenoxy) is 1. The summed E-state index contributed by atoms with van der Waals surface area (Å²) in [4.78, 5) is 12.0. The van der Waals surface area contributed by atoms with E-state index in [4.69, 9.17) is 4.74 Å². The van der Waals surface area contributed by atoms with E-state index in [1.807, 2.05) is 12.1 Å². The van der Waals surface area contributed by atoms with Crippen molar-refractivity contribution in [2.75, 3.05) is 20.2 Å². The van der Waals surface area contributed by atoms with Gasteiger partial charge in [0.15, 0.2) is 0 Å². The lowest BCUT2D eigenvalue weighted by Gasteiger charge is -2.13. The van der Waals surface area contributed by atoms with Gasteiger partial charge in [0.25, 0.3) is 5.91 Å². The van der Waals surface area contributed by atoms with Crippen LogP contribution in [0.3, 0.4) is 0 Å². The highest BCUT2D eigenvalue weighted by atomic mass is 16.5. The van der Waals surface area contributed by atoms with Crippen molar-refractivity contribution in [3.8, 4) is 5.75 Å². The fourth-order valence-electron chi connectivity index (χ4n) is 1.87. The van der Waals surface area contributed by atoms with Crippen LogP contribution in [-0.2, 0) is 0 Å². The summed E-state index contributed by atoms with van der Waals surface area (Å²) in [5.74, 6) is 0.553. The average molecular weight is 220 g/mol. The standard InChI is InChI=1S/C12H16N2O2/c1-16-11-5-3-2-4-10(11)12(15)14-9-6-7-13-8-9/h2-5,9,13H,6-8H2,1H3,(H,14,15).